The van der Waals surface area contributed by atoms with E-state index in [0.29, 0.717) is 6.61 Å². The molecular formula is C14H25NO5. The van der Waals surface area contributed by atoms with Gasteiger partial charge in [0, 0.05) is 19.2 Å². The van der Waals surface area contributed by atoms with Gasteiger partial charge in [0.05, 0.1) is 19.1 Å². The van der Waals surface area contributed by atoms with Crippen molar-refractivity contribution in [3.8, 4) is 0 Å². The van der Waals surface area contributed by atoms with Crippen LogP contribution in [0.5, 0.6) is 0 Å². The number of carbonyl (C=O) groups excluding carboxylic acids is 1. The van der Waals surface area contributed by atoms with Crippen LogP contribution in [-0.2, 0) is 19.1 Å². The van der Waals surface area contributed by atoms with E-state index in [-0.39, 0.29) is 37.6 Å². The van der Waals surface area contributed by atoms with E-state index >= 15 is 0 Å². The number of nitrogens with zero attached hydrogens (tertiary/aromatic N) is 1. The van der Waals surface area contributed by atoms with Gasteiger partial charge in [0.2, 0.25) is 5.91 Å². The molecule has 2 atom stereocenters. The lowest BCUT2D eigenvalue weighted by Crippen LogP contribution is -2.42. The Balaban J connectivity index is 2.34. The molecule has 0 saturated carbocycles. The summed E-state index contributed by atoms with van der Waals surface area (Å²) < 4.78 is 10.8. The minimum absolute atomic E-state index is 0.0101. The van der Waals surface area contributed by atoms with E-state index < -0.39 is 5.97 Å². The van der Waals surface area contributed by atoms with Crippen LogP contribution in [0.25, 0.3) is 0 Å². The van der Waals surface area contributed by atoms with Crippen LogP contribution in [0.1, 0.15) is 39.5 Å². The molecule has 1 saturated heterocycles. The standard InChI is InChI=1S/C14H25NO5/c1-3-11(2)15(7-6-14(17)18)13(16)10-19-9-12-5-4-8-20-12/h11-12H,3-10H2,1-2H3,(H,17,18)/t11-,12+/m1/s1. The first kappa shape index (κ1) is 16.9. The lowest BCUT2D eigenvalue weighted by molar-refractivity contribution is -0.142. The first-order valence-electron chi connectivity index (χ1n) is 7.25. The molecule has 116 valence electrons. The lowest BCUT2D eigenvalue weighted by atomic mass is 10.2. The first-order valence-corrected chi connectivity index (χ1v) is 7.25. The van der Waals surface area contributed by atoms with Crippen molar-refractivity contribution < 1.29 is 24.2 Å². The molecule has 0 radical (unpaired) electrons. The van der Waals surface area contributed by atoms with Gasteiger partial charge in [0.15, 0.2) is 0 Å². The molecule has 1 amide bonds. The maximum Gasteiger partial charge on any atom is 0.305 e. The van der Waals surface area contributed by atoms with E-state index in [1.54, 1.807) is 4.90 Å². The van der Waals surface area contributed by atoms with Crippen LogP contribution >= 0.6 is 0 Å². The summed E-state index contributed by atoms with van der Waals surface area (Å²) in [5.74, 6) is -1.05. The molecule has 6 nitrogen and oxygen atoms in total. The van der Waals surface area contributed by atoms with Gasteiger partial charge in [-0.1, -0.05) is 6.92 Å². The Morgan fingerprint density at radius 3 is 2.80 bits per heavy atom. The van der Waals surface area contributed by atoms with Gasteiger partial charge in [-0.05, 0) is 26.2 Å². The number of aliphatic carboxylic acids is 1. The molecule has 0 unspecified atom stereocenters. The fraction of sp³-hybridized carbons (Fsp3) is 0.857. The summed E-state index contributed by atoms with van der Waals surface area (Å²) in [5.41, 5.74) is 0. The smallest absolute Gasteiger partial charge is 0.305 e. The van der Waals surface area contributed by atoms with Crippen molar-refractivity contribution >= 4 is 11.9 Å². The number of carbonyl (C=O) groups is 2. The van der Waals surface area contributed by atoms with Gasteiger partial charge in [-0.15, -0.1) is 0 Å². The number of hydrogen-bond acceptors (Lipinski definition) is 4. The second kappa shape index (κ2) is 8.92. The number of rotatable bonds is 9. The summed E-state index contributed by atoms with van der Waals surface area (Å²) in [5, 5.41) is 8.73. The van der Waals surface area contributed by atoms with Crippen molar-refractivity contribution in [2.45, 2.75) is 51.7 Å². The highest BCUT2D eigenvalue weighted by molar-refractivity contribution is 5.78. The molecule has 1 rings (SSSR count). The molecule has 0 aromatic heterocycles. The Hall–Kier alpha value is -1.14. The second-order valence-electron chi connectivity index (χ2n) is 5.14. The Morgan fingerprint density at radius 1 is 1.50 bits per heavy atom. The number of amides is 1. The molecule has 0 aliphatic carbocycles. The largest absolute Gasteiger partial charge is 0.481 e. The fourth-order valence-electron chi connectivity index (χ4n) is 2.16. The third-order valence-corrected chi connectivity index (χ3v) is 3.56. The predicted octanol–water partition coefficient (Wildman–Crippen LogP) is 1.28. The molecule has 0 aromatic rings. The van der Waals surface area contributed by atoms with Crippen LogP contribution in [0.2, 0.25) is 0 Å². The van der Waals surface area contributed by atoms with Crippen LogP contribution in [0.15, 0.2) is 0 Å². The number of hydrogen-bond donors (Lipinski definition) is 1. The van der Waals surface area contributed by atoms with Crippen molar-refractivity contribution in [2.24, 2.45) is 0 Å². The third-order valence-electron chi connectivity index (χ3n) is 3.56. The Bertz CT molecular complexity index is 315. The Labute approximate surface area is 120 Å². The predicted molar refractivity (Wildman–Crippen MR) is 73.5 cm³/mol. The van der Waals surface area contributed by atoms with Crippen LogP contribution < -0.4 is 0 Å². The van der Waals surface area contributed by atoms with Crippen molar-refractivity contribution in [2.75, 3.05) is 26.4 Å². The highest BCUT2D eigenvalue weighted by Gasteiger charge is 2.21. The summed E-state index contributed by atoms with van der Waals surface area (Å²) in [6, 6.07) is 0.0215. The normalized spacial score (nSPS) is 19.8. The summed E-state index contributed by atoms with van der Waals surface area (Å²) in [4.78, 5) is 24.3. The lowest BCUT2D eigenvalue weighted by Gasteiger charge is -2.28. The minimum atomic E-state index is -0.897. The van der Waals surface area contributed by atoms with Crippen LogP contribution in [0.4, 0.5) is 0 Å². The summed E-state index contributed by atoms with van der Waals surface area (Å²) >= 11 is 0. The molecule has 1 N–H and O–H groups in total. The zero-order chi connectivity index (χ0) is 15.0. The third kappa shape index (κ3) is 5.88. The minimum Gasteiger partial charge on any atom is -0.481 e. The molecule has 6 heteroatoms. The Morgan fingerprint density at radius 2 is 2.25 bits per heavy atom. The van der Waals surface area contributed by atoms with Gasteiger partial charge < -0.3 is 19.5 Å². The number of ether oxygens (including phenoxy) is 2. The van der Waals surface area contributed by atoms with Crippen LogP contribution in [0, 0.1) is 0 Å². The maximum atomic E-state index is 12.1. The van der Waals surface area contributed by atoms with Crippen molar-refractivity contribution in [3.63, 3.8) is 0 Å². The SMILES string of the molecule is CC[C@@H](C)N(CCC(=O)O)C(=O)COC[C@@H]1CCCO1. The molecule has 0 spiro atoms. The van der Waals surface area contributed by atoms with E-state index in [1.807, 2.05) is 13.8 Å². The number of carboxylic acids is 1. The molecule has 1 fully saturated rings. The average Bonchev–Trinajstić information content (AvgIpc) is 2.91. The van der Waals surface area contributed by atoms with Gasteiger partial charge in [0.1, 0.15) is 6.61 Å². The van der Waals surface area contributed by atoms with E-state index in [9.17, 15) is 9.59 Å². The van der Waals surface area contributed by atoms with E-state index in [0.717, 1.165) is 25.9 Å². The molecule has 1 aliphatic rings. The molecule has 0 bridgehead atoms. The van der Waals surface area contributed by atoms with Crippen LogP contribution in [-0.4, -0.2) is 60.4 Å². The van der Waals surface area contributed by atoms with Gasteiger partial charge in [-0.2, -0.15) is 0 Å². The van der Waals surface area contributed by atoms with Crippen LogP contribution in [0.3, 0.4) is 0 Å². The zero-order valence-corrected chi connectivity index (χ0v) is 12.3. The van der Waals surface area contributed by atoms with E-state index in [2.05, 4.69) is 0 Å². The molecule has 0 aromatic carbocycles. The van der Waals surface area contributed by atoms with Gasteiger partial charge in [0.25, 0.3) is 0 Å². The quantitative estimate of drug-likeness (QED) is 0.691. The number of carboxylic acid groups (broad SMARTS) is 1. The monoisotopic (exact) mass is 287 g/mol. The molecule has 1 aliphatic heterocycles. The van der Waals surface area contributed by atoms with Gasteiger partial charge in [-0.25, -0.2) is 0 Å². The molecular weight excluding hydrogens is 262 g/mol. The van der Waals surface area contributed by atoms with Crippen molar-refractivity contribution in [1.82, 2.24) is 4.90 Å². The maximum absolute atomic E-state index is 12.1. The topological polar surface area (TPSA) is 76.1 Å². The summed E-state index contributed by atoms with van der Waals surface area (Å²) in [7, 11) is 0. The van der Waals surface area contributed by atoms with Crippen molar-refractivity contribution in [1.29, 1.82) is 0 Å². The highest BCUT2D eigenvalue weighted by Crippen LogP contribution is 2.12. The molecule has 20 heavy (non-hydrogen) atoms. The zero-order valence-electron chi connectivity index (χ0n) is 12.3. The average molecular weight is 287 g/mol. The summed E-state index contributed by atoms with van der Waals surface area (Å²) in [6.07, 6.45) is 2.86. The van der Waals surface area contributed by atoms with Gasteiger partial charge in [-0.3, -0.25) is 9.59 Å². The highest BCUT2D eigenvalue weighted by atomic mass is 16.5. The van der Waals surface area contributed by atoms with Gasteiger partial charge >= 0.3 is 5.97 Å². The summed E-state index contributed by atoms with van der Waals surface area (Å²) in [6.45, 7) is 5.30. The van der Waals surface area contributed by atoms with E-state index in [4.69, 9.17) is 14.6 Å². The van der Waals surface area contributed by atoms with Crippen molar-refractivity contribution in [3.05, 3.63) is 0 Å². The first-order chi connectivity index (χ1) is 9.54. The molecule has 1 heterocycles. The fourth-order valence-corrected chi connectivity index (χ4v) is 2.16. The van der Waals surface area contributed by atoms with E-state index in [1.165, 1.54) is 0 Å². The second-order valence-corrected chi connectivity index (χ2v) is 5.14. The Kier molecular flexibility index (Phi) is 7.54.